The van der Waals surface area contributed by atoms with Crippen molar-refractivity contribution in [1.82, 2.24) is 0 Å². The average Bonchev–Trinajstić information content (AvgIpc) is 2.49. The molecule has 0 aromatic heterocycles. The zero-order valence-electron chi connectivity index (χ0n) is 11.0. The van der Waals surface area contributed by atoms with Crippen molar-refractivity contribution in [3.05, 3.63) is 60.2 Å². The van der Waals surface area contributed by atoms with E-state index in [1.807, 2.05) is 49.4 Å². The molecule has 2 heteroatoms. The highest BCUT2D eigenvalue weighted by atomic mass is 16.3. The van der Waals surface area contributed by atoms with Crippen LogP contribution in [0.5, 0.6) is 0 Å². The molecule has 0 radical (unpaired) electrons. The van der Waals surface area contributed by atoms with Gasteiger partial charge in [0.15, 0.2) is 0 Å². The van der Waals surface area contributed by atoms with Gasteiger partial charge in [-0.1, -0.05) is 61.5 Å². The smallest absolute Gasteiger partial charge is 0.0948 e. The number of aliphatic hydroxyl groups is 1. The molecule has 2 nitrogen and oxygen atoms in total. The third-order valence-corrected chi connectivity index (χ3v) is 3.35. The quantitative estimate of drug-likeness (QED) is 0.894. The van der Waals surface area contributed by atoms with E-state index >= 15 is 0 Å². The van der Waals surface area contributed by atoms with Gasteiger partial charge in [-0.05, 0) is 23.1 Å². The summed E-state index contributed by atoms with van der Waals surface area (Å²) in [7, 11) is 0. The molecule has 2 unspecified atom stereocenters. The highest BCUT2D eigenvalue weighted by molar-refractivity contribution is 5.63. The number of hydrogen-bond donors (Lipinski definition) is 1. The fourth-order valence-electron chi connectivity index (χ4n) is 2.12. The van der Waals surface area contributed by atoms with Crippen molar-refractivity contribution in [2.24, 2.45) is 5.92 Å². The van der Waals surface area contributed by atoms with Gasteiger partial charge in [-0.25, -0.2) is 0 Å². The molecule has 0 saturated carbocycles. The van der Waals surface area contributed by atoms with Gasteiger partial charge in [0.05, 0.1) is 18.1 Å². The first-order chi connectivity index (χ1) is 9.26. The van der Waals surface area contributed by atoms with Crippen molar-refractivity contribution in [1.29, 1.82) is 5.26 Å². The van der Waals surface area contributed by atoms with E-state index in [1.54, 1.807) is 0 Å². The summed E-state index contributed by atoms with van der Waals surface area (Å²) in [6.07, 6.45) is -0.0576. The minimum absolute atomic E-state index is 0.345. The molecule has 0 fully saturated rings. The lowest BCUT2D eigenvalue weighted by Gasteiger charge is -2.15. The van der Waals surface area contributed by atoms with E-state index in [2.05, 4.69) is 18.2 Å². The van der Waals surface area contributed by atoms with Crippen LogP contribution < -0.4 is 0 Å². The lowest BCUT2D eigenvalue weighted by Crippen LogP contribution is -2.09. The van der Waals surface area contributed by atoms with Gasteiger partial charge in [0, 0.05) is 0 Å². The maximum atomic E-state index is 10.1. The first-order valence-electron chi connectivity index (χ1n) is 6.49. The Hall–Kier alpha value is -2.11. The molecule has 19 heavy (non-hydrogen) atoms. The summed E-state index contributed by atoms with van der Waals surface area (Å²) in [4.78, 5) is 0. The molecule has 0 aliphatic rings. The van der Waals surface area contributed by atoms with E-state index in [0.717, 1.165) is 16.7 Å². The monoisotopic (exact) mass is 251 g/mol. The zero-order valence-corrected chi connectivity index (χ0v) is 11.0. The van der Waals surface area contributed by atoms with Crippen LogP contribution in [0.25, 0.3) is 11.1 Å². The lowest BCUT2D eigenvalue weighted by molar-refractivity contribution is 0.133. The summed E-state index contributed by atoms with van der Waals surface area (Å²) in [6.45, 7) is 1.91. The first-order valence-corrected chi connectivity index (χ1v) is 6.49. The third-order valence-electron chi connectivity index (χ3n) is 3.35. The third kappa shape index (κ3) is 3.01. The molecule has 0 bridgehead atoms. The van der Waals surface area contributed by atoms with Gasteiger partial charge in [-0.3, -0.25) is 0 Å². The Morgan fingerprint density at radius 1 is 1.00 bits per heavy atom. The molecule has 0 heterocycles. The maximum Gasteiger partial charge on any atom is 0.0948 e. The minimum Gasteiger partial charge on any atom is -0.387 e. The molecule has 0 aliphatic heterocycles. The van der Waals surface area contributed by atoms with Gasteiger partial charge >= 0.3 is 0 Å². The molecular formula is C17H17NO. The number of hydrogen-bond acceptors (Lipinski definition) is 2. The van der Waals surface area contributed by atoms with Crippen molar-refractivity contribution in [2.75, 3.05) is 0 Å². The SMILES string of the molecule is CCC(C#N)C(O)c1ccc(-c2ccccc2)cc1. The number of aliphatic hydroxyl groups excluding tert-OH is 1. The Morgan fingerprint density at radius 3 is 2.11 bits per heavy atom. The lowest BCUT2D eigenvalue weighted by atomic mass is 9.93. The Kier molecular flexibility index (Phi) is 4.33. The van der Waals surface area contributed by atoms with E-state index in [9.17, 15) is 5.11 Å². The molecule has 2 aromatic rings. The van der Waals surface area contributed by atoms with Gasteiger partial charge in [0.2, 0.25) is 0 Å². The topological polar surface area (TPSA) is 44.0 Å². The number of benzene rings is 2. The Bertz CT molecular complexity index is 554. The van der Waals surface area contributed by atoms with Crippen LogP contribution in [0.2, 0.25) is 0 Å². The maximum absolute atomic E-state index is 10.1. The Labute approximate surface area is 114 Å². The normalized spacial score (nSPS) is 13.5. The molecule has 2 atom stereocenters. The first kappa shape index (κ1) is 13.3. The van der Waals surface area contributed by atoms with Crippen LogP contribution in [0.15, 0.2) is 54.6 Å². The zero-order chi connectivity index (χ0) is 13.7. The van der Waals surface area contributed by atoms with Gasteiger partial charge in [-0.15, -0.1) is 0 Å². The minimum atomic E-state index is -0.708. The van der Waals surface area contributed by atoms with Crippen LogP contribution in [-0.2, 0) is 0 Å². The largest absolute Gasteiger partial charge is 0.387 e. The van der Waals surface area contributed by atoms with Gasteiger partial charge in [0.25, 0.3) is 0 Å². The van der Waals surface area contributed by atoms with E-state index in [-0.39, 0.29) is 5.92 Å². The second kappa shape index (κ2) is 6.17. The summed E-state index contributed by atoms with van der Waals surface area (Å²) in [5, 5.41) is 19.1. The Morgan fingerprint density at radius 2 is 1.58 bits per heavy atom. The molecule has 96 valence electrons. The Balaban J connectivity index is 2.22. The van der Waals surface area contributed by atoms with Crippen molar-refractivity contribution in [3.8, 4) is 17.2 Å². The van der Waals surface area contributed by atoms with Crippen molar-refractivity contribution in [2.45, 2.75) is 19.4 Å². The molecule has 0 aliphatic carbocycles. The van der Waals surface area contributed by atoms with E-state index in [1.165, 1.54) is 0 Å². The molecule has 0 spiro atoms. The summed E-state index contributed by atoms with van der Waals surface area (Å²) in [6, 6.07) is 20.0. The van der Waals surface area contributed by atoms with E-state index in [4.69, 9.17) is 5.26 Å². The molecule has 0 amide bonds. The molecule has 1 N–H and O–H groups in total. The predicted molar refractivity (Wildman–Crippen MR) is 76.2 cm³/mol. The predicted octanol–water partition coefficient (Wildman–Crippen LogP) is 3.94. The summed E-state index contributed by atoms with van der Waals surface area (Å²) in [5.74, 6) is -0.345. The fourth-order valence-corrected chi connectivity index (χ4v) is 2.12. The van der Waals surface area contributed by atoms with Crippen LogP contribution in [-0.4, -0.2) is 5.11 Å². The highest BCUT2D eigenvalue weighted by Crippen LogP contribution is 2.26. The van der Waals surface area contributed by atoms with Gasteiger partial charge in [-0.2, -0.15) is 5.26 Å². The van der Waals surface area contributed by atoms with Crippen LogP contribution in [0, 0.1) is 17.2 Å². The van der Waals surface area contributed by atoms with Crippen LogP contribution in [0.3, 0.4) is 0 Å². The van der Waals surface area contributed by atoms with E-state index in [0.29, 0.717) is 6.42 Å². The second-order valence-electron chi connectivity index (χ2n) is 4.58. The summed E-state index contributed by atoms with van der Waals surface area (Å²) < 4.78 is 0. The number of nitriles is 1. The standard InChI is InChI=1S/C17H17NO/c1-2-13(12-18)17(19)16-10-8-15(9-11-16)14-6-4-3-5-7-14/h3-11,13,17,19H,2H2,1H3. The molecule has 0 saturated heterocycles. The van der Waals surface area contributed by atoms with Crippen molar-refractivity contribution in [3.63, 3.8) is 0 Å². The molecular weight excluding hydrogens is 234 g/mol. The summed E-state index contributed by atoms with van der Waals surface area (Å²) in [5.41, 5.74) is 3.06. The van der Waals surface area contributed by atoms with Crippen LogP contribution in [0.1, 0.15) is 25.0 Å². The molecule has 2 rings (SSSR count). The van der Waals surface area contributed by atoms with Gasteiger partial charge in [0.1, 0.15) is 0 Å². The van der Waals surface area contributed by atoms with Crippen LogP contribution >= 0.6 is 0 Å². The second-order valence-corrected chi connectivity index (χ2v) is 4.58. The number of nitrogens with zero attached hydrogens (tertiary/aromatic N) is 1. The van der Waals surface area contributed by atoms with Crippen molar-refractivity contribution >= 4 is 0 Å². The van der Waals surface area contributed by atoms with Gasteiger partial charge < -0.3 is 5.11 Å². The van der Waals surface area contributed by atoms with E-state index < -0.39 is 6.10 Å². The number of rotatable bonds is 4. The average molecular weight is 251 g/mol. The van der Waals surface area contributed by atoms with Crippen molar-refractivity contribution < 1.29 is 5.11 Å². The highest BCUT2D eigenvalue weighted by Gasteiger charge is 2.18. The summed E-state index contributed by atoms with van der Waals surface area (Å²) >= 11 is 0. The van der Waals surface area contributed by atoms with Crippen LogP contribution in [0.4, 0.5) is 0 Å². The fraction of sp³-hybridized carbons (Fsp3) is 0.235. The molecule has 2 aromatic carbocycles.